The van der Waals surface area contributed by atoms with E-state index in [1.165, 1.54) is 12.7 Å². The first-order valence-corrected chi connectivity index (χ1v) is 10.5. The number of aromatic nitrogens is 6. The van der Waals surface area contributed by atoms with E-state index in [0.717, 1.165) is 63.0 Å². The molecular formula is C24H21N7. The summed E-state index contributed by atoms with van der Waals surface area (Å²) in [6.07, 6.45) is 6.76. The van der Waals surface area contributed by atoms with Crippen molar-refractivity contribution in [2.75, 3.05) is 5.73 Å². The summed E-state index contributed by atoms with van der Waals surface area (Å²) >= 11 is 0. The van der Waals surface area contributed by atoms with E-state index in [0.29, 0.717) is 11.9 Å². The van der Waals surface area contributed by atoms with Crippen LogP contribution in [0.5, 0.6) is 0 Å². The van der Waals surface area contributed by atoms with E-state index in [9.17, 15) is 0 Å². The molecule has 0 saturated heterocycles. The Bertz CT molecular complexity index is 1440. The molecule has 0 aliphatic heterocycles. The fourth-order valence-electron chi connectivity index (χ4n) is 4.28. The Labute approximate surface area is 179 Å². The Morgan fingerprint density at radius 3 is 2.68 bits per heavy atom. The number of fused-ring (bicyclic) bond motifs is 2. The highest BCUT2D eigenvalue weighted by Crippen LogP contribution is 2.38. The zero-order valence-electron chi connectivity index (χ0n) is 17.2. The second-order valence-corrected chi connectivity index (χ2v) is 8.11. The second-order valence-electron chi connectivity index (χ2n) is 8.11. The van der Waals surface area contributed by atoms with Crippen molar-refractivity contribution in [2.45, 2.75) is 32.2 Å². The molecule has 0 atom stereocenters. The maximum atomic E-state index is 6.28. The molecule has 4 aromatic heterocycles. The van der Waals surface area contributed by atoms with Gasteiger partial charge in [0.25, 0.3) is 0 Å². The zero-order chi connectivity index (χ0) is 20.9. The van der Waals surface area contributed by atoms with Gasteiger partial charge in [0.2, 0.25) is 0 Å². The maximum Gasteiger partial charge on any atom is 0.164 e. The first-order chi connectivity index (χ1) is 15.2. The molecule has 7 heteroatoms. The van der Waals surface area contributed by atoms with Crippen LogP contribution < -0.4 is 5.73 Å². The molecule has 0 unspecified atom stereocenters. The van der Waals surface area contributed by atoms with Gasteiger partial charge in [-0.2, -0.15) is 5.10 Å². The van der Waals surface area contributed by atoms with Gasteiger partial charge in [-0.3, -0.25) is 4.98 Å². The molecule has 2 N–H and O–H groups in total. The highest BCUT2D eigenvalue weighted by molar-refractivity contribution is 6.00. The minimum absolute atomic E-state index is 0.377. The summed E-state index contributed by atoms with van der Waals surface area (Å²) in [5, 5.41) is 6.86. The number of hydrogen-bond donors (Lipinski definition) is 1. The molecule has 1 aliphatic rings. The highest BCUT2D eigenvalue weighted by atomic mass is 15.3. The summed E-state index contributed by atoms with van der Waals surface area (Å²) in [6, 6.07) is 14.6. The lowest BCUT2D eigenvalue weighted by Crippen LogP contribution is -2.18. The van der Waals surface area contributed by atoms with Gasteiger partial charge in [0.1, 0.15) is 17.8 Å². The fraction of sp³-hybridized carbons (Fsp3) is 0.208. The summed E-state index contributed by atoms with van der Waals surface area (Å²) in [5.41, 5.74) is 12.6. The maximum absolute atomic E-state index is 6.28. The quantitative estimate of drug-likeness (QED) is 0.465. The zero-order valence-corrected chi connectivity index (χ0v) is 17.2. The SMILES string of the molecule is Cc1cc(-c2ccccn2)nc2cc(-c3nn(C4CCC4)c4ncnc(N)c34)ccc12. The third-order valence-electron chi connectivity index (χ3n) is 6.16. The van der Waals surface area contributed by atoms with Crippen LogP contribution in [-0.2, 0) is 0 Å². The Kier molecular flexibility index (Phi) is 3.96. The third-order valence-corrected chi connectivity index (χ3v) is 6.16. The van der Waals surface area contributed by atoms with Crippen LogP contribution >= 0.6 is 0 Å². The average Bonchev–Trinajstić information content (AvgIpc) is 3.13. The van der Waals surface area contributed by atoms with Gasteiger partial charge in [0.15, 0.2) is 5.65 Å². The lowest BCUT2D eigenvalue weighted by atomic mass is 9.93. The van der Waals surface area contributed by atoms with Crippen LogP contribution in [0.3, 0.4) is 0 Å². The molecule has 0 spiro atoms. The predicted octanol–water partition coefficient (Wildman–Crippen LogP) is 4.72. The highest BCUT2D eigenvalue weighted by Gasteiger charge is 2.26. The van der Waals surface area contributed by atoms with Crippen LogP contribution in [0, 0.1) is 6.92 Å². The molecule has 1 saturated carbocycles. The van der Waals surface area contributed by atoms with Crippen molar-refractivity contribution < 1.29 is 0 Å². The van der Waals surface area contributed by atoms with E-state index < -0.39 is 0 Å². The van der Waals surface area contributed by atoms with Gasteiger partial charge in [-0.25, -0.2) is 19.6 Å². The van der Waals surface area contributed by atoms with Gasteiger partial charge in [-0.15, -0.1) is 0 Å². The fourth-order valence-corrected chi connectivity index (χ4v) is 4.28. The smallest absolute Gasteiger partial charge is 0.164 e. The van der Waals surface area contributed by atoms with Gasteiger partial charge >= 0.3 is 0 Å². The monoisotopic (exact) mass is 407 g/mol. The molecule has 6 rings (SSSR count). The van der Waals surface area contributed by atoms with E-state index in [1.54, 1.807) is 6.20 Å². The summed E-state index contributed by atoms with van der Waals surface area (Å²) in [7, 11) is 0. The summed E-state index contributed by atoms with van der Waals surface area (Å²) < 4.78 is 2.03. The molecule has 1 aliphatic carbocycles. The number of pyridine rings is 2. The molecule has 0 bridgehead atoms. The molecule has 4 heterocycles. The van der Waals surface area contributed by atoms with Gasteiger partial charge < -0.3 is 5.73 Å². The number of nitrogens with two attached hydrogens (primary N) is 1. The average molecular weight is 407 g/mol. The van der Waals surface area contributed by atoms with Gasteiger partial charge in [0.05, 0.1) is 28.3 Å². The number of aryl methyl sites for hydroxylation is 1. The lowest BCUT2D eigenvalue weighted by Gasteiger charge is -2.25. The summed E-state index contributed by atoms with van der Waals surface area (Å²) in [5.74, 6) is 0.456. The molecule has 31 heavy (non-hydrogen) atoms. The molecule has 152 valence electrons. The van der Waals surface area contributed by atoms with Crippen molar-refractivity contribution in [3.8, 4) is 22.6 Å². The molecule has 5 aromatic rings. The Morgan fingerprint density at radius 2 is 1.90 bits per heavy atom. The van der Waals surface area contributed by atoms with Crippen LogP contribution in [0.15, 0.2) is 55.0 Å². The molecule has 0 radical (unpaired) electrons. The summed E-state index contributed by atoms with van der Waals surface area (Å²) in [4.78, 5) is 18.1. The normalized spacial score (nSPS) is 14.2. The largest absolute Gasteiger partial charge is 0.383 e. The number of nitrogens with zero attached hydrogens (tertiary/aromatic N) is 6. The Hall–Kier alpha value is -3.87. The van der Waals surface area contributed by atoms with Gasteiger partial charge in [0, 0.05) is 17.1 Å². The number of hydrogen-bond acceptors (Lipinski definition) is 6. The van der Waals surface area contributed by atoms with Crippen molar-refractivity contribution >= 4 is 27.8 Å². The minimum Gasteiger partial charge on any atom is -0.383 e. The molecule has 1 aromatic carbocycles. The van der Waals surface area contributed by atoms with Crippen LogP contribution in [0.2, 0.25) is 0 Å². The first kappa shape index (κ1) is 17.9. The van der Waals surface area contributed by atoms with E-state index >= 15 is 0 Å². The van der Waals surface area contributed by atoms with E-state index in [4.69, 9.17) is 15.8 Å². The van der Waals surface area contributed by atoms with E-state index in [1.807, 2.05) is 22.9 Å². The molecule has 7 nitrogen and oxygen atoms in total. The number of rotatable bonds is 3. The van der Waals surface area contributed by atoms with Crippen molar-refractivity contribution in [1.82, 2.24) is 29.7 Å². The van der Waals surface area contributed by atoms with E-state index in [2.05, 4.69) is 46.1 Å². The lowest BCUT2D eigenvalue weighted by molar-refractivity contribution is 0.296. The van der Waals surface area contributed by atoms with Crippen molar-refractivity contribution in [2.24, 2.45) is 0 Å². The van der Waals surface area contributed by atoms with Crippen molar-refractivity contribution in [3.05, 3.63) is 60.6 Å². The topological polar surface area (TPSA) is 95.4 Å². The second kappa shape index (κ2) is 6.84. The predicted molar refractivity (Wildman–Crippen MR) is 121 cm³/mol. The van der Waals surface area contributed by atoms with Crippen molar-refractivity contribution in [1.29, 1.82) is 0 Å². The van der Waals surface area contributed by atoms with Crippen LogP contribution in [0.25, 0.3) is 44.6 Å². The molecule has 1 fully saturated rings. The van der Waals surface area contributed by atoms with Gasteiger partial charge in [-0.1, -0.05) is 18.2 Å². The van der Waals surface area contributed by atoms with Crippen molar-refractivity contribution in [3.63, 3.8) is 0 Å². The first-order valence-electron chi connectivity index (χ1n) is 10.5. The third kappa shape index (κ3) is 2.84. The molecular weight excluding hydrogens is 386 g/mol. The Balaban J connectivity index is 1.56. The Morgan fingerprint density at radius 1 is 1.00 bits per heavy atom. The number of nitrogen functional groups attached to an aromatic ring is 1. The van der Waals surface area contributed by atoms with E-state index in [-0.39, 0.29) is 0 Å². The van der Waals surface area contributed by atoms with Crippen LogP contribution in [0.4, 0.5) is 5.82 Å². The minimum atomic E-state index is 0.377. The van der Waals surface area contributed by atoms with Crippen LogP contribution in [0.1, 0.15) is 30.9 Å². The number of benzene rings is 1. The van der Waals surface area contributed by atoms with Gasteiger partial charge in [-0.05, 0) is 56.0 Å². The van der Waals surface area contributed by atoms with Crippen LogP contribution in [-0.4, -0.2) is 29.7 Å². The standard InChI is InChI=1S/C24H21N7/c1-14-11-20(18-7-2-3-10-26-18)29-19-12-15(8-9-17(14)19)22-21-23(25)27-13-28-24(21)31(30-22)16-5-4-6-16/h2-3,7-13,16H,4-6H2,1H3,(H2,25,27,28). The summed E-state index contributed by atoms with van der Waals surface area (Å²) in [6.45, 7) is 2.10. The number of anilines is 1. The molecule has 0 amide bonds.